The van der Waals surface area contributed by atoms with E-state index in [2.05, 4.69) is 11.6 Å². The van der Waals surface area contributed by atoms with E-state index in [0.29, 0.717) is 11.5 Å². The van der Waals surface area contributed by atoms with Gasteiger partial charge in [0.2, 0.25) is 5.78 Å². The summed E-state index contributed by atoms with van der Waals surface area (Å²) in [5.74, 6) is -0.370. The van der Waals surface area contributed by atoms with E-state index in [1.165, 1.54) is 24.3 Å². The van der Waals surface area contributed by atoms with Crippen molar-refractivity contribution in [2.24, 2.45) is 0 Å². The topological polar surface area (TPSA) is 26.3 Å². The Morgan fingerprint density at radius 1 is 0.947 bits per heavy atom. The van der Waals surface area contributed by atoms with Crippen LogP contribution < -0.4 is 4.74 Å². The number of hydrogen-bond donors (Lipinski definition) is 0. The highest BCUT2D eigenvalue weighted by Crippen LogP contribution is 2.26. The van der Waals surface area contributed by atoms with Gasteiger partial charge in [0.15, 0.2) is 0 Å². The molecule has 0 spiro atoms. The van der Waals surface area contributed by atoms with Crippen LogP contribution in [0.25, 0.3) is 0 Å². The Morgan fingerprint density at radius 3 is 2.00 bits per heavy atom. The van der Waals surface area contributed by atoms with E-state index in [0.717, 1.165) is 0 Å². The number of alkyl halides is 3. The summed E-state index contributed by atoms with van der Waals surface area (Å²) < 4.78 is 30.7. The molecular weight excluding hydrogens is 274 g/mol. The van der Waals surface area contributed by atoms with Gasteiger partial charge in [-0.2, -0.15) is 8.78 Å². The van der Waals surface area contributed by atoms with Gasteiger partial charge in [-0.3, -0.25) is 4.79 Å². The minimum absolute atomic E-state index is 0.166. The number of hydrogen-bond acceptors (Lipinski definition) is 2. The number of rotatable bonds is 4. The predicted molar refractivity (Wildman–Crippen MR) is 68.1 cm³/mol. The van der Waals surface area contributed by atoms with E-state index in [9.17, 15) is 13.6 Å². The summed E-state index contributed by atoms with van der Waals surface area (Å²) in [5, 5.41) is -3.89. The molecular formula is C14H9ClF2O2. The number of carbonyl (C=O) groups is 1. The van der Waals surface area contributed by atoms with Crippen LogP contribution in [0.3, 0.4) is 0 Å². The Labute approximate surface area is 113 Å². The van der Waals surface area contributed by atoms with E-state index in [-0.39, 0.29) is 5.56 Å². The fourth-order valence-electron chi connectivity index (χ4n) is 1.46. The number of Topliss-reactive ketones (excluding diaryl/α,β-unsaturated/α-hetero) is 1. The summed E-state index contributed by atoms with van der Waals surface area (Å²) in [7, 11) is 0. The van der Waals surface area contributed by atoms with Crippen molar-refractivity contribution in [1.82, 2.24) is 0 Å². The fourth-order valence-corrected chi connectivity index (χ4v) is 1.57. The Balaban J connectivity index is 2.13. The van der Waals surface area contributed by atoms with Crippen LogP contribution >= 0.6 is 11.6 Å². The van der Waals surface area contributed by atoms with Crippen molar-refractivity contribution in [2.75, 3.05) is 0 Å². The number of ketones is 1. The Morgan fingerprint density at radius 2 is 1.47 bits per heavy atom. The molecule has 0 radical (unpaired) electrons. The van der Waals surface area contributed by atoms with Gasteiger partial charge in [0.25, 0.3) is 0 Å². The minimum Gasteiger partial charge on any atom is -0.457 e. The maximum atomic E-state index is 12.6. The van der Waals surface area contributed by atoms with E-state index >= 15 is 0 Å². The molecule has 2 aromatic carbocycles. The molecule has 0 atom stereocenters. The molecule has 98 valence electrons. The molecule has 0 aliphatic carbocycles. The lowest BCUT2D eigenvalue weighted by Crippen LogP contribution is -2.21. The SMILES string of the molecule is O=C(c1ccc(Oc2ccccc2)cc1)C(F)(F)Cl. The molecule has 2 aromatic rings. The summed E-state index contributed by atoms with van der Waals surface area (Å²) in [5.41, 5.74) is -0.166. The van der Waals surface area contributed by atoms with Gasteiger partial charge in [-0.15, -0.1) is 0 Å². The zero-order valence-electron chi connectivity index (χ0n) is 9.65. The van der Waals surface area contributed by atoms with Crippen molar-refractivity contribution in [3.05, 3.63) is 60.2 Å². The van der Waals surface area contributed by atoms with Crippen LogP contribution in [0.2, 0.25) is 0 Å². The molecule has 0 fully saturated rings. The molecule has 0 saturated heterocycles. The number of halogens is 3. The van der Waals surface area contributed by atoms with Crippen LogP contribution in [-0.2, 0) is 0 Å². The highest BCUT2D eigenvalue weighted by molar-refractivity contribution is 6.35. The molecule has 0 N–H and O–H groups in total. The average Bonchev–Trinajstić information content (AvgIpc) is 2.39. The normalized spacial score (nSPS) is 11.1. The molecule has 5 heteroatoms. The van der Waals surface area contributed by atoms with Crippen LogP contribution in [0, 0.1) is 0 Å². The smallest absolute Gasteiger partial charge is 0.384 e. The second-order valence-electron chi connectivity index (χ2n) is 3.77. The predicted octanol–water partition coefficient (Wildman–Crippen LogP) is 4.49. The third kappa shape index (κ3) is 3.51. The second-order valence-corrected chi connectivity index (χ2v) is 4.24. The van der Waals surface area contributed by atoms with Gasteiger partial charge in [0.05, 0.1) is 0 Å². The van der Waals surface area contributed by atoms with E-state index in [1.807, 2.05) is 6.07 Å². The zero-order valence-corrected chi connectivity index (χ0v) is 10.4. The Bertz CT molecular complexity index is 562. The van der Waals surface area contributed by atoms with Crippen LogP contribution in [0.1, 0.15) is 10.4 Å². The third-order valence-corrected chi connectivity index (χ3v) is 2.52. The van der Waals surface area contributed by atoms with Crippen LogP contribution in [0.5, 0.6) is 11.5 Å². The summed E-state index contributed by atoms with van der Waals surface area (Å²) in [6.07, 6.45) is 0. The van der Waals surface area contributed by atoms with Crippen molar-refractivity contribution in [2.45, 2.75) is 5.38 Å². The number of para-hydroxylation sites is 1. The molecule has 0 aliphatic rings. The molecule has 0 amide bonds. The molecule has 0 unspecified atom stereocenters. The maximum Gasteiger partial charge on any atom is 0.384 e. The first-order valence-electron chi connectivity index (χ1n) is 5.41. The third-order valence-electron chi connectivity index (χ3n) is 2.35. The molecule has 0 bridgehead atoms. The van der Waals surface area contributed by atoms with Gasteiger partial charge in [0.1, 0.15) is 11.5 Å². The summed E-state index contributed by atoms with van der Waals surface area (Å²) in [6.45, 7) is 0. The lowest BCUT2D eigenvalue weighted by atomic mass is 10.1. The zero-order chi connectivity index (χ0) is 13.9. The lowest BCUT2D eigenvalue weighted by molar-refractivity contribution is 0.0536. The van der Waals surface area contributed by atoms with E-state index in [1.54, 1.807) is 24.3 Å². The molecule has 0 aromatic heterocycles. The molecule has 0 aliphatic heterocycles. The largest absolute Gasteiger partial charge is 0.457 e. The van der Waals surface area contributed by atoms with E-state index < -0.39 is 11.2 Å². The van der Waals surface area contributed by atoms with Gasteiger partial charge in [-0.25, -0.2) is 0 Å². The highest BCUT2D eigenvalue weighted by Gasteiger charge is 2.36. The first-order chi connectivity index (χ1) is 8.97. The number of benzene rings is 2. The quantitative estimate of drug-likeness (QED) is 0.610. The number of carbonyl (C=O) groups excluding carboxylic acids is 1. The van der Waals surface area contributed by atoms with Crippen molar-refractivity contribution in [3.63, 3.8) is 0 Å². The Hall–Kier alpha value is -1.94. The van der Waals surface area contributed by atoms with Crippen LogP contribution in [-0.4, -0.2) is 11.2 Å². The molecule has 0 saturated carbocycles. The van der Waals surface area contributed by atoms with Gasteiger partial charge in [0, 0.05) is 5.56 Å². The molecule has 0 heterocycles. The van der Waals surface area contributed by atoms with Crippen molar-refractivity contribution in [1.29, 1.82) is 0 Å². The maximum absolute atomic E-state index is 12.6. The van der Waals surface area contributed by atoms with Crippen LogP contribution in [0.4, 0.5) is 8.78 Å². The highest BCUT2D eigenvalue weighted by atomic mass is 35.5. The molecule has 19 heavy (non-hydrogen) atoms. The fraction of sp³-hybridized carbons (Fsp3) is 0.0714. The van der Waals surface area contributed by atoms with Gasteiger partial charge >= 0.3 is 5.38 Å². The van der Waals surface area contributed by atoms with Crippen molar-refractivity contribution >= 4 is 17.4 Å². The van der Waals surface area contributed by atoms with E-state index in [4.69, 9.17) is 4.74 Å². The Kier molecular flexibility index (Phi) is 3.81. The molecule has 2 nitrogen and oxygen atoms in total. The minimum atomic E-state index is -3.89. The average molecular weight is 283 g/mol. The summed E-state index contributed by atoms with van der Waals surface area (Å²) >= 11 is 4.67. The standard InChI is InChI=1S/C14H9ClF2O2/c15-14(16,17)13(18)10-6-8-12(9-7-10)19-11-4-2-1-3-5-11/h1-9H. The van der Waals surface area contributed by atoms with Crippen LogP contribution in [0.15, 0.2) is 54.6 Å². The second kappa shape index (κ2) is 5.36. The van der Waals surface area contributed by atoms with Crippen molar-refractivity contribution < 1.29 is 18.3 Å². The van der Waals surface area contributed by atoms with Gasteiger partial charge in [-0.1, -0.05) is 18.2 Å². The van der Waals surface area contributed by atoms with Gasteiger partial charge in [-0.05, 0) is 48.0 Å². The first kappa shape index (κ1) is 13.5. The monoisotopic (exact) mass is 282 g/mol. The van der Waals surface area contributed by atoms with Crippen molar-refractivity contribution in [3.8, 4) is 11.5 Å². The molecule has 2 rings (SSSR count). The summed E-state index contributed by atoms with van der Waals surface area (Å²) in [4.78, 5) is 11.2. The van der Waals surface area contributed by atoms with Gasteiger partial charge < -0.3 is 4.74 Å². The first-order valence-corrected chi connectivity index (χ1v) is 5.79. The lowest BCUT2D eigenvalue weighted by Gasteiger charge is -2.08. The number of ether oxygens (including phenoxy) is 1. The summed E-state index contributed by atoms with van der Waals surface area (Å²) in [6, 6.07) is 14.3.